The maximum atomic E-state index is 12.8. The van der Waals surface area contributed by atoms with Crippen molar-refractivity contribution in [2.75, 3.05) is 31.5 Å². The zero-order chi connectivity index (χ0) is 17.4. The molecule has 3 heterocycles. The average Bonchev–Trinajstić information content (AvgIpc) is 3.09. The highest BCUT2D eigenvalue weighted by Gasteiger charge is 2.58. The van der Waals surface area contributed by atoms with Gasteiger partial charge in [0, 0.05) is 31.1 Å². The number of rotatable bonds is 4. The fourth-order valence-electron chi connectivity index (χ4n) is 4.26. The van der Waals surface area contributed by atoms with E-state index in [1.807, 2.05) is 4.90 Å². The quantitative estimate of drug-likeness (QED) is 0.575. The fourth-order valence-corrected chi connectivity index (χ4v) is 4.26. The second-order valence-corrected chi connectivity index (χ2v) is 7.44. The van der Waals surface area contributed by atoms with Crippen LogP contribution in [0.3, 0.4) is 0 Å². The molecule has 150 valence electrons. The van der Waals surface area contributed by atoms with Gasteiger partial charge in [0.25, 0.3) is 5.69 Å². The number of likely N-dealkylation sites (tertiary alicyclic amines) is 1. The van der Waals surface area contributed by atoms with Crippen LogP contribution in [0.1, 0.15) is 25.7 Å². The zero-order valence-electron chi connectivity index (χ0n) is 14.9. The van der Waals surface area contributed by atoms with Gasteiger partial charge in [0.2, 0.25) is 5.91 Å². The SMILES string of the molecule is Cl.Cl.O=C(C1CC12CCNCC2)N1CCC(Nc2ccc([N+](=O)[O-])cn2)C1. The van der Waals surface area contributed by atoms with E-state index in [2.05, 4.69) is 15.6 Å². The van der Waals surface area contributed by atoms with Gasteiger partial charge in [-0.1, -0.05) is 0 Å². The number of piperidine rings is 1. The zero-order valence-corrected chi connectivity index (χ0v) is 16.6. The Kier molecular flexibility index (Phi) is 6.88. The molecule has 10 heteroatoms. The summed E-state index contributed by atoms with van der Waals surface area (Å²) in [5.41, 5.74) is 0.253. The van der Waals surface area contributed by atoms with Crippen LogP contribution < -0.4 is 10.6 Å². The summed E-state index contributed by atoms with van der Waals surface area (Å²) in [7, 11) is 0. The van der Waals surface area contributed by atoms with E-state index >= 15 is 0 Å². The molecular weight excluding hydrogens is 393 g/mol. The molecule has 3 fully saturated rings. The first-order valence-corrected chi connectivity index (χ1v) is 8.94. The van der Waals surface area contributed by atoms with Gasteiger partial charge in [-0.15, -0.1) is 24.8 Å². The predicted molar refractivity (Wildman–Crippen MR) is 107 cm³/mol. The van der Waals surface area contributed by atoms with E-state index in [0.29, 0.717) is 18.3 Å². The summed E-state index contributed by atoms with van der Waals surface area (Å²) in [5, 5.41) is 17.3. The van der Waals surface area contributed by atoms with Crippen LogP contribution in [0.15, 0.2) is 18.3 Å². The summed E-state index contributed by atoms with van der Waals surface area (Å²) in [5.74, 6) is 1.14. The molecule has 1 aromatic rings. The lowest BCUT2D eigenvalue weighted by Crippen LogP contribution is -2.36. The lowest BCUT2D eigenvalue weighted by molar-refractivity contribution is -0.385. The second kappa shape index (κ2) is 8.58. The lowest BCUT2D eigenvalue weighted by atomic mass is 9.91. The van der Waals surface area contributed by atoms with Crippen molar-refractivity contribution in [2.24, 2.45) is 11.3 Å². The monoisotopic (exact) mass is 417 g/mol. The molecule has 1 aromatic heterocycles. The number of nitro groups is 1. The standard InChI is InChI=1S/C17H23N5O3.2ClH/c23-16(14-9-17(14)4-6-18-7-5-17)21-8-3-12(11-21)20-15-2-1-13(10-19-15)22(24)25;;/h1-2,10,12,14,18H,3-9,11H2,(H,19,20);2*1H. The van der Waals surface area contributed by atoms with Gasteiger partial charge >= 0.3 is 0 Å². The summed E-state index contributed by atoms with van der Waals surface area (Å²) < 4.78 is 0. The minimum absolute atomic E-state index is 0. The van der Waals surface area contributed by atoms with Crippen molar-refractivity contribution in [3.8, 4) is 0 Å². The van der Waals surface area contributed by atoms with Gasteiger partial charge in [-0.25, -0.2) is 4.98 Å². The second-order valence-electron chi connectivity index (χ2n) is 7.44. The molecule has 0 radical (unpaired) electrons. The molecule has 27 heavy (non-hydrogen) atoms. The van der Waals surface area contributed by atoms with Gasteiger partial charge in [0.1, 0.15) is 12.0 Å². The molecule has 2 unspecified atom stereocenters. The molecule has 1 amide bonds. The Morgan fingerprint density at radius 1 is 1.33 bits per heavy atom. The number of carbonyl (C=O) groups is 1. The molecule has 3 aliphatic rings. The Balaban J connectivity index is 0.00000131. The van der Waals surface area contributed by atoms with E-state index < -0.39 is 4.92 Å². The normalized spacial score (nSPS) is 25.3. The van der Waals surface area contributed by atoms with Gasteiger partial charge in [-0.3, -0.25) is 14.9 Å². The molecule has 2 aliphatic heterocycles. The van der Waals surface area contributed by atoms with E-state index in [0.717, 1.165) is 45.3 Å². The fraction of sp³-hybridized carbons (Fsp3) is 0.647. The number of anilines is 1. The van der Waals surface area contributed by atoms with Crippen LogP contribution in [0, 0.1) is 21.4 Å². The van der Waals surface area contributed by atoms with Crippen molar-refractivity contribution >= 4 is 42.2 Å². The summed E-state index contributed by atoms with van der Waals surface area (Å²) in [4.78, 5) is 29.1. The minimum atomic E-state index is -0.459. The summed E-state index contributed by atoms with van der Waals surface area (Å²) in [6, 6.07) is 3.21. The van der Waals surface area contributed by atoms with E-state index in [1.54, 1.807) is 6.07 Å². The Bertz CT molecular complexity index is 682. The van der Waals surface area contributed by atoms with Crippen LogP contribution in [0.5, 0.6) is 0 Å². The molecule has 0 aromatic carbocycles. The first kappa shape index (κ1) is 21.7. The highest BCUT2D eigenvalue weighted by molar-refractivity contribution is 5.85. The van der Waals surface area contributed by atoms with Crippen LogP contribution in [0.2, 0.25) is 0 Å². The molecular formula is C17H25Cl2N5O3. The predicted octanol–water partition coefficient (Wildman–Crippen LogP) is 2.24. The van der Waals surface area contributed by atoms with Crippen molar-refractivity contribution in [3.05, 3.63) is 28.4 Å². The van der Waals surface area contributed by atoms with Crippen LogP contribution in [-0.2, 0) is 4.79 Å². The highest BCUT2D eigenvalue weighted by Crippen LogP contribution is 2.59. The van der Waals surface area contributed by atoms with Crippen LogP contribution >= 0.6 is 24.8 Å². The van der Waals surface area contributed by atoms with Gasteiger partial charge in [0.15, 0.2) is 0 Å². The summed E-state index contributed by atoms with van der Waals surface area (Å²) in [6.45, 7) is 3.51. The first-order valence-electron chi connectivity index (χ1n) is 8.94. The maximum absolute atomic E-state index is 12.8. The molecule has 2 N–H and O–H groups in total. The summed E-state index contributed by atoms with van der Waals surface area (Å²) >= 11 is 0. The van der Waals surface area contributed by atoms with Crippen molar-refractivity contribution in [1.29, 1.82) is 0 Å². The minimum Gasteiger partial charge on any atom is -0.365 e. The van der Waals surface area contributed by atoms with Crippen LogP contribution in [0.4, 0.5) is 11.5 Å². The van der Waals surface area contributed by atoms with Gasteiger partial charge < -0.3 is 15.5 Å². The smallest absolute Gasteiger partial charge is 0.287 e. The van der Waals surface area contributed by atoms with Crippen molar-refractivity contribution < 1.29 is 9.72 Å². The molecule has 1 saturated carbocycles. The van der Waals surface area contributed by atoms with E-state index in [1.165, 1.54) is 12.3 Å². The molecule has 8 nitrogen and oxygen atoms in total. The highest BCUT2D eigenvalue weighted by atomic mass is 35.5. The van der Waals surface area contributed by atoms with Crippen LogP contribution in [-0.4, -0.2) is 52.9 Å². The van der Waals surface area contributed by atoms with Gasteiger partial charge in [-0.05, 0) is 50.3 Å². The van der Waals surface area contributed by atoms with Gasteiger partial charge in [0.05, 0.1) is 4.92 Å². The Morgan fingerprint density at radius 2 is 2.07 bits per heavy atom. The number of nitrogens with one attached hydrogen (secondary N) is 2. The Hall–Kier alpha value is -1.64. The third-order valence-corrected chi connectivity index (χ3v) is 5.90. The number of halogens is 2. The summed E-state index contributed by atoms with van der Waals surface area (Å²) in [6.07, 6.45) is 5.42. The molecule has 1 spiro atoms. The number of aromatic nitrogens is 1. The van der Waals surface area contributed by atoms with Gasteiger partial charge in [-0.2, -0.15) is 0 Å². The first-order chi connectivity index (χ1) is 12.1. The maximum Gasteiger partial charge on any atom is 0.287 e. The molecule has 0 bridgehead atoms. The number of hydrogen-bond acceptors (Lipinski definition) is 6. The number of carbonyl (C=O) groups excluding carboxylic acids is 1. The van der Waals surface area contributed by atoms with E-state index in [-0.39, 0.29) is 47.9 Å². The Labute approximate surface area is 170 Å². The topological polar surface area (TPSA) is 100 Å². The Morgan fingerprint density at radius 3 is 2.70 bits per heavy atom. The van der Waals surface area contributed by atoms with Crippen LogP contribution in [0.25, 0.3) is 0 Å². The number of nitrogens with zero attached hydrogens (tertiary/aromatic N) is 3. The van der Waals surface area contributed by atoms with E-state index in [4.69, 9.17) is 0 Å². The largest absolute Gasteiger partial charge is 0.365 e. The third-order valence-electron chi connectivity index (χ3n) is 5.90. The van der Waals surface area contributed by atoms with E-state index in [9.17, 15) is 14.9 Å². The molecule has 2 atom stereocenters. The number of hydrogen-bond donors (Lipinski definition) is 2. The molecule has 1 aliphatic carbocycles. The van der Waals surface area contributed by atoms with Crippen molar-refractivity contribution in [1.82, 2.24) is 15.2 Å². The number of pyridine rings is 1. The molecule has 4 rings (SSSR count). The molecule has 2 saturated heterocycles. The number of amides is 1. The lowest BCUT2D eigenvalue weighted by Gasteiger charge is -2.25. The third kappa shape index (κ3) is 4.44. The average molecular weight is 418 g/mol. The van der Waals surface area contributed by atoms with Crippen molar-refractivity contribution in [2.45, 2.75) is 31.7 Å². The van der Waals surface area contributed by atoms with Crippen molar-refractivity contribution in [3.63, 3.8) is 0 Å².